The molecule has 0 aliphatic heterocycles. The lowest BCUT2D eigenvalue weighted by Gasteiger charge is -2.16. The van der Waals surface area contributed by atoms with Gasteiger partial charge in [0, 0.05) is 24.3 Å². The number of nitrogens with one attached hydrogen (secondary N) is 1. The van der Waals surface area contributed by atoms with E-state index in [1.807, 2.05) is 0 Å². The third kappa shape index (κ3) is 3.85. The van der Waals surface area contributed by atoms with E-state index in [4.69, 9.17) is 27.2 Å². The number of hydrogen-bond donors (Lipinski definition) is 3. The summed E-state index contributed by atoms with van der Waals surface area (Å²) in [5.41, 5.74) is 7.42. The van der Waals surface area contributed by atoms with Gasteiger partial charge in [-0.2, -0.15) is 0 Å². The van der Waals surface area contributed by atoms with Crippen molar-refractivity contribution in [3.63, 3.8) is 0 Å². The Bertz CT molecular complexity index is 1040. The average Bonchev–Trinajstić information content (AvgIpc) is 2.69. The van der Waals surface area contributed by atoms with E-state index in [0.717, 1.165) is 5.56 Å². The van der Waals surface area contributed by atoms with E-state index in [1.54, 1.807) is 25.3 Å². The Morgan fingerprint density at radius 3 is 2.86 bits per heavy atom. The zero-order valence-electron chi connectivity index (χ0n) is 15.1. The molecular formula is C20H19ClFN3O3. The number of fused-ring (bicyclic) bond motifs is 1. The molecule has 8 heteroatoms. The molecule has 3 rings (SSSR count). The van der Waals surface area contributed by atoms with Gasteiger partial charge in [0.1, 0.15) is 5.75 Å². The number of nitrogens with two attached hydrogens (primary N) is 1. The fraction of sp³-hybridized carbons (Fsp3) is 0.200. The molecule has 0 bridgehead atoms. The first-order valence-corrected chi connectivity index (χ1v) is 8.95. The number of carbonyl (C=O) groups is 1. The van der Waals surface area contributed by atoms with Crippen molar-refractivity contribution in [2.45, 2.75) is 12.8 Å². The zero-order chi connectivity index (χ0) is 20.3. The lowest BCUT2D eigenvalue weighted by molar-refractivity contribution is 0.100. The third-order valence-corrected chi connectivity index (χ3v) is 4.64. The van der Waals surface area contributed by atoms with Crippen LogP contribution in [0.4, 0.5) is 15.8 Å². The topological polar surface area (TPSA) is 97.5 Å². The van der Waals surface area contributed by atoms with Crippen molar-refractivity contribution in [2.75, 3.05) is 19.0 Å². The number of pyridine rings is 1. The summed E-state index contributed by atoms with van der Waals surface area (Å²) in [6, 6.07) is 8.06. The molecule has 1 aromatic heterocycles. The molecule has 0 saturated carbocycles. The SMILES string of the molecule is COc1cc2ncc(C(N)=O)c(Nc3cccc(Cl)c3F)c2cc1CCCO. The molecule has 0 aliphatic rings. The lowest BCUT2D eigenvalue weighted by Crippen LogP contribution is -2.14. The standard InChI is InChI=1S/C20H19ClFN3O3/c1-28-17-9-16-12(8-11(17)4-3-7-26)19(13(10-24-16)20(23)27)25-15-6-2-5-14(21)18(15)22/h2,5-6,8-10,26H,3-4,7H2,1H3,(H2,23,27)(H,24,25). The highest BCUT2D eigenvalue weighted by atomic mass is 35.5. The molecule has 28 heavy (non-hydrogen) atoms. The average molecular weight is 404 g/mol. The number of nitrogens with zero attached hydrogens (tertiary/aromatic N) is 1. The number of methoxy groups -OCH3 is 1. The lowest BCUT2D eigenvalue weighted by atomic mass is 10.0. The van der Waals surface area contributed by atoms with Crippen LogP contribution in [0.2, 0.25) is 5.02 Å². The molecule has 1 amide bonds. The highest BCUT2D eigenvalue weighted by Gasteiger charge is 2.18. The van der Waals surface area contributed by atoms with E-state index in [2.05, 4.69) is 10.3 Å². The predicted molar refractivity (Wildman–Crippen MR) is 107 cm³/mol. The van der Waals surface area contributed by atoms with Gasteiger partial charge in [-0.15, -0.1) is 0 Å². The first-order chi connectivity index (χ1) is 13.5. The molecule has 0 atom stereocenters. The molecule has 146 valence electrons. The number of benzene rings is 2. The van der Waals surface area contributed by atoms with Crippen molar-refractivity contribution < 1.29 is 19.0 Å². The number of rotatable bonds is 7. The fourth-order valence-electron chi connectivity index (χ4n) is 2.98. The molecular weight excluding hydrogens is 385 g/mol. The summed E-state index contributed by atoms with van der Waals surface area (Å²) in [6.45, 7) is 0.0274. The summed E-state index contributed by atoms with van der Waals surface area (Å²) in [6.07, 6.45) is 2.43. The summed E-state index contributed by atoms with van der Waals surface area (Å²) in [5, 5.41) is 12.6. The normalized spacial score (nSPS) is 10.9. The van der Waals surface area contributed by atoms with Crippen LogP contribution in [0.25, 0.3) is 10.9 Å². The smallest absolute Gasteiger partial charge is 0.252 e. The maximum atomic E-state index is 14.4. The van der Waals surface area contributed by atoms with Crippen LogP contribution >= 0.6 is 11.6 Å². The monoisotopic (exact) mass is 403 g/mol. The minimum absolute atomic E-state index is 0.0274. The second-order valence-corrected chi connectivity index (χ2v) is 6.55. The first-order valence-electron chi connectivity index (χ1n) is 8.57. The summed E-state index contributed by atoms with van der Waals surface area (Å²) in [7, 11) is 1.54. The summed E-state index contributed by atoms with van der Waals surface area (Å²) in [5.74, 6) is -0.731. The summed E-state index contributed by atoms with van der Waals surface area (Å²) < 4.78 is 19.8. The molecule has 3 aromatic rings. The quantitative estimate of drug-likeness (QED) is 0.557. The van der Waals surface area contributed by atoms with Gasteiger partial charge in [0.05, 0.1) is 34.6 Å². The molecule has 1 heterocycles. The number of ether oxygens (including phenoxy) is 1. The van der Waals surface area contributed by atoms with Gasteiger partial charge in [0.2, 0.25) is 0 Å². The van der Waals surface area contributed by atoms with E-state index in [1.165, 1.54) is 18.3 Å². The number of aryl methyl sites for hydroxylation is 1. The molecule has 0 unspecified atom stereocenters. The fourth-order valence-corrected chi connectivity index (χ4v) is 3.15. The summed E-state index contributed by atoms with van der Waals surface area (Å²) >= 11 is 5.86. The van der Waals surface area contributed by atoms with E-state index < -0.39 is 11.7 Å². The maximum Gasteiger partial charge on any atom is 0.252 e. The van der Waals surface area contributed by atoms with Gasteiger partial charge < -0.3 is 20.9 Å². The van der Waals surface area contributed by atoms with Crippen LogP contribution in [0.15, 0.2) is 36.5 Å². The number of aliphatic hydroxyl groups excluding tert-OH is 1. The Kier molecular flexibility index (Phi) is 5.96. The van der Waals surface area contributed by atoms with Crippen molar-refractivity contribution in [2.24, 2.45) is 5.73 Å². The third-order valence-electron chi connectivity index (χ3n) is 4.35. The van der Waals surface area contributed by atoms with Gasteiger partial charge in [0.25, 0.3) is 5.91 Å². The van der Waals surface area contributed by atoms with Crippen LogP contribution in [-0.2, 0) is 6.42 Å². The Morgan fingerprint density at radius 1 is 1.39 bits per heavy atom. The highest BCUT2D eigenvalue weighted by molar-refractivity contribution is 6.31. The van der Waals surface area contributed by atoms with Crippen molar-refractivity contribution in [3.8, 4) is 5.75 Å². The van der Waals surface area contributed by atoms with E-state index in [0.29, 0.717) is 35.2 Å². The molecule has 2 aromatic carbocycles. The van der Waals surface area contributed by atoms with Crippen LogP contribution in [0.5, 0.6) is 5.75 Å². The number of halogens is 2. The minimum atomic E-state index is -0.702. The molecule has 0 radical (unpaired) electrons. The number of aromatic nitrogens is 1. The van der Waals surface area contributed by atoms with Crippen molar-refractivity contribution >= 4 is 39.8 Å². The molecule has 0 fully saturated rings. The number of carbonyl (C=O) groups excluding carboxylic acids is 1. The number of anilines is 2. The van der Waals surface area contributed by atoms with Gasteiger partial charge >= 0.3 is 0 Å². The van der Waals surface area contributed by atoms with Crippen LogP contribution in [0.3, 0.4) is 0 Å². The Hall–Kier alpha value is -2.90. The van der Waals surface area contributed by atoms with Crippen molar-refractivity contribution in [1.82, 2.24) is 4.98 Å². The number of aliphatic hydroxyl groups is 1. The largest absolute Gasteiger partial charge is 0.496 e. The summed E-state index contributed by atoms with van der Waals surface area (Å²) in [4.78, 5) is 16.2. The Morgan fingerprint density at radius 2 is 2.18 bits per heavy atom. The zero-order valence-corrected chi connectivity index (χ0v) is 15.9. The predicted octanol–water partition coefficient (Wildman–Crippen LogP) is 3.80. The second-order valence-electron chi connectivity index (χ2n) is 6.15. The van der Waals surface area contributed by atoms with E-state index in [9.17, 15) is 9.18 Å². The highest BCUT2D eigenvalue weighted by Crippen LogP contribution is 2.35. The van der Waals surface area contributed by atoms with Gasteiger partial charge in [-0.1, -0.05) is 17.7 Å². The molecule has 0 saturated heterocycles. The molecule has 4 N–H and O–H groups in total. The Balaban J connectivity index is 2.23. The molecule has 6 nitrogen and oxygen atoms in total. The molecule has 0 aliphatic carbocycles. The first kappa shape index (κ1) is 19.9. The second kappa shape index (κ2) is 8.41. The van der Waals surface area contributed by atoms with E-state index in [-0.39, 0.29) is 22.9 Å². The number of primary amides is 1. The van der Waals surface area contributed by atoms with Gasteiger partial charge in [-0.3, -0.25) is 9.78 Å². The minimum Gasteiger partial charge on any atom is -0.496 e. The van der Waals surface area contributed by atoms with Crippen molar-refractivity contribution in [3.05, 3.63) is 58.5 Å². The number of amides is 1. The van der Waals surface area contributed by atoms with Crippen LogP contribution in [-0.4, -0.2) is 29.7 Å². The van der Waals surface area contributed by atoms with Crippen LogP contribution < -0.4 is 15.8 Å². The van der Waals surface area contributed by atoms with E-state index >= 15 is 0 Å². The van der Waals surface area contributed by atoms with Gasteiger partial charge in [-0.25, -0.2) is 4.39 Å². The van der Waals surface area contributed by atoms with Gasteiger partial charge in [-0.05, 0) is 36.6 Å². The maximum absolute atomic E-state index is 14.4. The number of hydrogen-bond acceptors (Lipinski definition) is 5. The van der Waals surface area contributed by atoms with Crippen molar-refractivity contribution in [1.29, 1.82) is 0 Å². The van der Waals surface area contributed by atoms with Crippen LogP contribution in [0, 0.1) is 5.82 Å². The Labute approximate surface area is 166 Å². The van der Waals surface area contributed by atoms with Crippen LogP contribution in [0.1, 0.15) is 22.3 Å². The molecule has 0 spiro atoms. The van der Waals surface area contributed by atoms with Gasteiger partial charge in [0.15, 0.2) is 5.82 Å².